The van der Waals surface area contributed by atoms with Crippen LogP contribution in [-0.2, 0) is 16.6 Å². The van der Waals surface area contributed by atoms with Gasteiger partial charge in [0.1, 0.15) is 0 Å². The zero-order valence-corrected chi connectivity index (χ0v) is 15.2. The average Bonchev–Trinajstić information content (AvgIpc) is 2.65. The van der Waals surface area contributed by atoms with Crippen LogP contribution in [0.5, 0.6) is 0 Å². The lowest BCUT2D eigenvalue weighted by Gasteiger charge is -2.46. The van der Waals surface area contributed by atoms with Gasteiger partial charge in [-0.25, -0.2) is 14.8 Å². The van der Waals surface area contributed by atoms with E-state index >= 15 is 0 Å². The van der Waals surface area contributed by atoms with Crippen LogP contribution in [0.4, 0.5) is 0 Å². The standard InChI is InChI=1S/C21H20N4O/c1-12-16-8-7-15-13(2)24-20(14-6-5-9-23-11-14)25-19(15)21(16,3)10-17(22-4)18(12)26/h5-6,9-12,16H,7-8H2,1-3H3/t12-,16-,21-/m1/s1. The largest absolute Gasteiger partial charge is 0.308 e. The molecule has 0 radical (unpaired) electrons. The molecule has 0 saturated heterocycles. The van der Waals surface area contributed by atoms with Crippen LogP contribution < -0.4 is 0 Å². The molecular formula is C21H20N4O. The van der Waals surface area contributed by atoms with Gasteiger partial charge in [-0.1, -0.05) is 19.9 Å². The summed E-state index contributed by atoms with van der Waals surface area (Å²) in [5.41, 5.74) is 3.77. The van der Waals surface area contributed by atoms with E-state index in [9.17, 15) is 4.79 Å². The Morgan fingerprint density at radius 2 is 2.15 bits per heavy atom. The number of nitrogens with zero attached hydrogens (tertiary/aromatic N) is 4. The molecule has 0 spiro atoms. The number of aromatic nitrogens is 3. The second kappa shape index (κ2) is 5.84. The van der Waals surface area contributed by atoms with Crippen molar-refractivity contribution in [3.8, 4) is 11.4 Å². The molecule has 0 saturated carbocycles. The average molecular weight is 344 g/mol. The number of ketones is 1. The summed E-state index contributed by atoms with van der Waals surface area (Å²) in [4.78, 5) is 29.8. The summed E-state index contributed by atoms with van der Waals surface area (Å²) in [6.45, 7) is 13.5. The lowest BCUT2D eigenvalue weighted by atomic mass is 9.58. The van der Waals surface area contributed by atoms with E-state index in [1.54, 1.807) is 12.4 Å². The van der Waals surface area contributed by atoms with Crippen molar-refractivity contribution in [2.75, 3.05) is 0 Å². The lowest BCUT2D eigenvalue weighted by Crippen LogP contribution is -2.46. The van der Waals surface area contributed by atoms with Gasteiger partial charge >= 0.3 is 0 Å². The predicted molar refractivity (Wildman–Crippen MR) is 98.0 cm³/mol. The molecule has 2 aromatic heterocycles. The fourth-order valence-corrected chi connectivity index (χ4v) is 4.54. The van der Waals surface area contributed by atoms with Gasteiger partial charge < -0.3 is 4.79 Å². The molecule has 4 rings (SSSR count). The molecule has 0 bridgehead atoms. The number of pyridine rings is 1. The van der Waals surface area contributed by atoms with E-state index in [4.69, 9.17) is 16.5 Å². The molecule has 2 heterocycles. The van der Waals surface area contributed by atoms with Crippen LogP contribution in [0.2, 0.25) is 0 Å². The molecule has 2 aliphatic carbocycles. The third-order valence-corrected chi connectivity index (χ3v) is 5.95. The number of allylic oxidation sites excluding steroid dienone is 2. The van der Waals surface area contributed by atoms with Crippen molar-refractivity contribution >= 4 is 5.78 Å². The third-order valence-electron chi connectivity index (χ3n) is 5.95. The maximum atomic E-state index is 12.5. The van der Waals surface area contributed by atoms with Gasteiger partial charge in [0.05, 0.1) is 12.3 Å². The number of Topliss-reactive ketones (excluding diaryl/α,β-unsaturated/α-hetero) is 1. The van der Waals surface area contributed by atoms with Crippen molar-refractivity contribution in [1.82, 2.24) is 15.0 Å². The summed E-state index contributed by atoms with van der Waals surface area (Å²) in [7, 11) is 0. The van der Waals surface area contributed by atoms with E-state index in [1.807, 2.05) is 32.1 Å². The quantitative estimate of drug-likeness (QED) is 0.740. The van der Waals surface area contributed by atoms with Gasteiger partial charge in [0.15, 0.2) is 11.6 Å². The molecule has 0 unspecified atom stereocenters. The minimum absolute atomic E-state index is 0.0378. The summed E-state index contributed by atoms with van der Waals surface area (Å²) >= 11 is 0. The van der Waals surface area contributed by atoms with Crippen LogP contribution in [0.3, 0.4) is 0 Å². The van der Waals surface area contributed by atoms with Gasteiger partial charge in [-0.15, -0.1) is 0 Å². The topological polar surface area (TPSA) is 60.1 Å². The second-order valence-electron chi connectivity index (χ2n) is 7.42. The van der Waals surface area contributed by atoms with E-state index in [-0.39, 0.29) is 23.3 Å². The molecule has 2 aliphatic rings. The minimum atomic E-state index is -0.425. The molecule has 5 heteroatoms. The lowest BCUT2D eigenvalue weighted by molar-refractivity contribution is -0.121. The zero-order chi connectivity index (χ0) is 18.5. The summed E-state index contributed by atoms with van der Waals surface area (Å²) in [5, 5.41) is 0. The number of fused-ring (bicyclic) bond motifs is 3. The van der Waals surface area contributed by atoms with Crippen LogP contribution in [0.25, 0.3) is 16.2 Å². The molecule has 0 aromatic carbocycles. The Balaban J connectivity index is 1.96. The minimum Gasteiger partial charge on any atom is -0.308 e. The Morgan fingerprint density at radius 3 is 2.85 bits per heavy atom. The van der Waals surface area contributed by atoms with Gasteiger partial charge in [0, 0.05) is 35.0 Å². The molecular weight excluding hydrogens is 324 g/mol. The highest BCUT2D eigenvalue weighted by Gasteiger charge is 2.49. The first kappa shape index (κ1) is 16.6. The van der Waals surface area contributed by atoms with Crippen LogP contribution in [-0.4, -0.2) is 20.7 Å². The van der Waals surface area contributed by atoms with Crippen molar-refractivity contribution in [1.29, 1.82) is 0 Å². The summed E-state index contributed by atoms with van der Waals surface area (Å²) in [5.74, 6) is 0.603. The smallest absolute Gasteiger partial charge is 0.226 e. The highest BCUT2D eigenvalue weighted by Crippen LogP contribution is 2.50. The van der Waals surface area contributed by atoms with E-state index < -0.39 is 5.41 Å². The highest BCUT2D eigenvalue weighted by atomic mass is 16.1. The summed E-state index contributed by atoms with van der Waals surface area (Å²) in [6.07, 6.45) is 7.12. The maximum absolute atomic E-state index is 12.5. The summed E-state index contributed by atoms with van der Waals surface area (Å²) < 4.78 is 0. The van der Waals surface area contributed by atoms with Crippen molar-refractivity contribution in [3.05, 3.63) is 64.7 Å². The van der Waals surface area contributed by atoms with E-state index in [0.717, 1.165) is 35.4 Å². The number of hydrogen-bond donors (Lipinski definition) is 0. The first-order valence-electron chi connectivity index (χ1n) is 8.88. The Morgan fingerprint density at radius 1 is 1.35 bits per heavy atom. The number of carbonyl (C=O) groups is 1. The fourth-order valence-electron chi connectivity index (χ4n) is 4.54. The van der Waals surface area contributed by atoms with Crippen molar-refractivity contribution in [2.45, 2.75) is 39.0 Å². The Labute approximate surface area is 153 Å². The number of rotatable bonds is 1. The fraction of sp³-hybridized carbons (Fsp3) is 0.381. The van der Waals surface area contributed by atoms with Crippen LogP contribution in [0.1, 0.15) is 37.2 Å². The molecule has 0 aliphatic heterocycles. The van der Waals surface area contributed by atoms with Crippen molar-refractivity contribution in [2.24, 2.45) is 11.8 Å². The van der Waals surface area contributed by atoms with Crippen molar-refractivity contribution < 1.29 is 4.79 Å². The molecule has 3 atom stereocenters. The third kappa shape index (κ3) is 2.29. The van der Waals surface area contributed by atoms with Gasteiger partial charge in [0.2, 0.25) is 5.70 Å². The molecule has 130 valence electrons. The normalized spacial score (nSPS) is 27.2. The van der Waals surface area contributed by atoms with Gasteiger partial charge in [-0.3, -0.25) is 4.98 Å². The van der Waals surface area contributed by atoms with Gasteiger partial charge in [0.25, 0.3) is 0 Å². The summed E-state index contributed by atoms with van der Waals surface area (Å²) in [6, 6.07) is 3.82. The van der Waals surface area contributed by atoms with Crippen molar-refractivity contribution in [3.63, 3.8) is 0 Å². The second-order valence-corrected chi connectivity index (χ2v) is 7.42. The maximum Gasteiger partial charge on any atom is 0.226 e. The van der Waals surface area contributed by atoms with E-state index in [0.29, 0.717) is 5.82 Å². The van der Waals surface area contributed by atoms with Gasteiger partial charge in [-0.2, -0.15) is 0 Å². The number of aryl methyl sites for hydroxylation is 1. The first-order valence-corrected chi connectivity index (χ1v) is 8.88. The first-order chi connectivity index (χ1) is 12.5. The molecule has 26 heavy (non-hydrogen) atoms. The Hall–Kier alpha value is -2.87. The van der Waals surface area contributed by atoms with Crippen LogP contribution in [0, 0.1) is 25.3 Å². The van der Waals surface area contributed by atoms with Crippen LogP contribution >= 0.6 is 0 Å². The van der Waals surface area contributed by atoms with Crippen LogP contribution in [0.15, 0.2) is 36.3 Å². The monoisotopic (exact) mass is 344 g/mol. The number of hydrogen-bond acceptors (Lipinski definition) is 4. The Bertz CT molecular complexity index is 973. The molecule has 2 aromatic rings. The van der Waals surface area contributed by atoms with E-state index in [1.165, 1.54) is 0 Å². The molecule has 0 fully saturated rings. The van der Waals surface area contributed by atoms with E-state index in [2.05, 4.69) is 16.8 Å². The SMILES string of the molecule is [C-]#[N+]C1=C[C@@]2(C)c3nc(-c4cccnc4)nc(C)c3CC[C@@H]2[C@@H](C)C1=O. The highest BCUT2D eigenvalue weighted by molar-refractivity contribution is 6.00. The Kier molecular flexibility index (Phi) is 3.73. The predicted octanol–water partition coefficient (Wildman–Crippen LogP) is 3.69. The van der Waals surface area contributed by atoms with Gasteiger partial charge in [-0.05, 0) is 43.4 Å². The molecule has 5 nitrogen and oxygen atoms in total. The molecule has 0 amide bonds. The number of carbonyl (C=O) groups excluding carboxylic acids is 1. The zero-order valence-electron chi connectivity index (χ0n) is 15.2. The molecule has 0 N–H and O–H groups in total.